The number of carbonyl (C=O) groups is 2. The molecule has 1 aromatic heterocycles. The average Bonchev–Trinajstić information content (AvgIpc) is 2.41. The molecular formula is C13H10FN3O3. The van der Waals surface area contributed by atoms with Crippen molar-refractivity contribution in [2.75, 3.05) is 10.6 Å². The fourth-order valence-electron chi connectivity index (χ4n) is 1.50. The maximum Gasteiger partial charge on any atom is 0.337 e. The summed E-state index contributed by atoms with van der Waals surface area (Å²) in [7, 11) is 0. The summed E-state index contributed by atoms with van der Waals surface area (Å²) in [4.78, 5) is 26.4. The van der Waals surface area contributed by atoms with Crippen molar-refractivity contribution in [3.8, 4) is 0 Å². The number of halogens is 1. The van der Waals surface area contributed by atoms with Crippen LogP contribution in [0.2, 0.25) is 0 Å². The number of hydrogen-bond acceptors (Lipinski definition) is 3. The Kier molecular flexibility index (Phi) is 3.90. The van der Waals surface area contributed by atoms with E-state index in [1.807, 2.05) is 0 Å². The number of benzene rings is 1. The van der Waals surface area contributed by atoms with Gasteiger partial charge in [-0.05, 0) is 30.3 Å². The molecule has 0 aliphatic heterocycles. The molecule has 0 spiro atoms. The lowest BCUT2D eigenvalue weighted by atomic mass is 10.2. The standard InChI is InChI=1S/C13H10FN3O3/c14-8-1-3-9(4-2-8)16-13(20)17-11-7-15-6-5-10(11)12(18)19/h1-7H,(H,18,19)(H2,16,17,20). The molecule has 0 saturated heterocycles. The van der Waals surface area contributed by atoms with Crippen molar-refractivity contribution in [3.05, 3.63) is 54.1 Å². The molecule has 20 heavy (non-hydrogen) atoms. The lowest BCUT2D eigenvalue weighted by molar-refractivity contribution is 0.0698. The summed E-state index contributed by atoms with van der Waals surface area (Å²) < 4.78 is 12.7. The van der Waals surface area contributed by atoms with Gasteiger partial charge < -0.3 is 15.7 Å². The minimum absolute atomic E-state index is 0.0691. The Morgan fingerprint density at radius 3 is 2.45 bits per heavy atom. The van der Waals surface area contributed by atoms with Crippen molar-refractivity contribution in [1.82, 2.24) is 4.98 Å². The third kappa shape index (κ3) is 3.29. The molecule has 0 saturated carbocycles. The summed E-state index contributed by atoms with van der Waals surface area (Å²) >= 11 is 0. The first-order chi connectivity index (χ1) is 9.56. The molecule has 0 fully saturated rings. The highest BCUT2D eigenvalue weighted by atomic mass is 19.1. The zero-order chi connectivity index (χ0) is 14.5. The second-order valence-electron chi connectivity index (χ2n) is 3.81. The fraction of sp³-hybridized carbons (Fsp3) is 0. The van der Waals surface area contributed by atoms with E-state index in [9.17, 15) is 14.0 Å². The van der Waals surface area contributed by atoms with Gasteiger partial charge in [-0.2, -0.15) is 0 Å². The molecule has 0 bridgehead atoms. The summed E-state index contributed by atoms with van der Waals surface area (Å²) in [6, 6.07) is 5.79. The first kappa shape index (κ1) is 13.5. The van der Waals surface area contributed by atoms with Crippen LogP contribution >= 0.6 is 0 Å². The number of carboxylic acid groups (broad SMARTS) is 1. The van der Waals surface area contributed by atoms with Crippen LogP contribution in [0, 0.1) is 5.82 Å². The van der Waals surface area contributed by atoms with Crippen LogP contribution in [0.3, 0.4) is 0 Å². The Balaban J connectivity index is 2.08. The van der Waals surface area contributed by atoms with E-state index in [4.69, 9.17) is 5.11 Å². The summed E-state index contributed by atoms with van der Waals surface area (Å²) in [5, 5.41) is 13.8. The van der Waals surface area contributed by atoms with E-state index in [1.165, 1.54) is 42.7 Å². The Morgan fingerprint density at radius 1 is 1.10 bits per heavy atom. The maximum absolute atomic E-state index is 12.7. The van der Waals surface area contributed by atoms with Gasteiger partial charge in [0.15, 0.2) is 0 Å². The number of carboxylic acids is 1. The summed E-state index contributed by atoms with van der Waals surface area (Å²) in [5.41, 5.74) is 0.374. The number of nitrogens with one attached hydrogen (secondary N) is 2. The molecule has 0 aliphatic carbocycles. The normalized spacial score (nSPS) is 9.85. The molecule has 3 N–H and O–H groups in total. The molecule has 102 valence electrons. The van der Waals surface area contributed by atoms with Crippen LogP contribution in [0.1, 0.15) is 10.4 Å². The second kappa shape index (κ2) is 5.79. The highest BCUT2D eigenvalue weighted by Gasteiger charge is 2.12. The first-order valence-corrected chi connectivity index (χ1v) is 5.57. The van der Waals surface area contributed by atoms with Gasteiger partial charge in [-0.15, -0.1) is 0 Å². The van der Waals surface area contributed by atoms with Crippen LogP contribution < -0.4 is 10.6 Å². The third-order valence-corrected chi connectivity index (χ3v) is 2.40. The van der Waals surface area contributed by atoms with Crippen molar-refractivity contribution in [2.45, 2.75) is 0 Å². The van der Waals surface area contributed by atoms with E-state index in [0.717, 1.165) is 0 Å². The number of aromatic carboxylic acids is 1. The fourth-order valence-corrected chi connectivity index (χ4v) is 1.50. The highest BCUT2D eigenvalue weighted by Crippen LogP contribution is 2.14. The number of aromatic nitrogens is 1. The van der Waals surface area contributed by atoms with E-state index in [-0.39, 0.29) is 11.3 Å². The number of anilines is 2. The number of carbonyl (C=O) groups excluding carboxylic acids is 1. The highest BCUT2D eigenvalue weighted by molar-refractivity contribution is 6.04. The summed E-state index contributed by atoms with van der Waals surface area (Å²) in [6.07, 6.45) is 2.54. The number of rotatable bonds is 3. The maximum atomic E-state index is 12.7. The van der Waals surface area contributed by atoms with Gasteiger partial charge in [-0.3, -0.25) is 4.98 Å². The molecule has 0 atom stereocenters. The third-order valence-electron chi connectivity index (χ3n) is 2.40. The van der Waals surface area contributed by atoms with E-state index in [2.05, 4.69) is 15.6 Å². The SMILES string of the molecule is O=C(Nc1ccc(F)cc1)Nc1cnccc1C(=O)O. The van der Waals surface area contributed by atoms with Crippen molar-refractivity contribution in [2.24, 2.45) is 0 Å². The Bertz CT molecular complexity index is 644. The van der Waals surface area contributed by atoms with Crippen molar-refractivity contribution in [3.63, 3.8) is 0 Å². The Hall–Kier alpha value is -2.96. The predicted octanol–water partition coefficient (Wildman–Crippen LogP) is 2.56. The lowest BCUT2D eigenvalue weighted by Crippen LogP contribution is -2.21. The van der Waals surface area contributed by atoms with Crippen molar-refractivity contribution < 1.29 is 19.1 Å². The predicted molar refractivity (Wildman–Crippen MR) is 70.2 cm³/mol. The number of nitrogens with zero attached hydrogens (tertiary/aromatic N) is 1. The number of urea groups is 1. The van der Waals surface area contributed by atoms with Crippen LogP contribution in [-0.4, -0.2) is 22.1 Å². The molecule has 2 amide bonds. The number of pyridine rings is 1. The van der Waals surface area contributed by atoms with Gasteiger partial charge in [-0.1, -0.05) is 0 Å². The van der Waals surface area contributed by atoms with Crippen molar-refractivity contribution in [1.29, 1.82) is 0 Å². The monoisotopic (exact) mass is 275 g/mol. The van der Waals surface area contributed by atoms with E-state index in [0.29, 0.717) is 5.69 Å². The Morgan fingerprint density at radius 2 is 1.80 bits per heavy atom. The van der Waals surface area contributed by atoms with Crippen molar-refractivity contribution >= 4 is 23.4 Å². The average molecular weight is 275 g/mol. The topological polar surface area (TPSA) is 91.3 Å². The van der Waals surface area contributed by atoms with Crippen LogP contribution in [0.4, 0.5) is 20.6 Å². The number of amides is 2. The quantitative estimate of drug-likeness (QED) is 0.802. The van der Waals surface area contributed by atoms with Crippen LogP contribution in [0.15, 0.2) is 42.7 Å². The van der Waals surface area contributed by atoms with Gasteiger partial charge in [0.05, 0.1) is 17.4 Å². The molecule has 0 aliphatic rings. The Labute approximate surface area is 113 Å². The van der Waals surface area contributed by atoms with Gasteiger partial charge in [0.1, 0.15) is 5.82 Å². The molecule has 2 rings (SSSR count). The van der Waals surface area contributed by atoms with Gasteiger partial charge >= 0.3 is 12.0 Å². The van der Waals surface area contributed by atoms with Crippen LogP contribution in [0.25, 0.3) is 0 Å². The minimum Gasteiger partial charge on any atom is -0.478 e. The molecule has 2 aromatic rings. The van der Waals surface area contributed by atoms with Gasteiger partial charge in [0.25, 0.3) is 0 Å². The summed E-state index contributed by atoms with van der Waals surface area (Å²) in [6.45, 7) is 0. The molecule has 7 heteroatoms. The molecular weight excluding hydrogens is 265 g/mol. The zero-order valence-corrected chi connectivity index (χ0v) is 10.1. The molecule has 0 radical (unpaired) electrons. The van der Waals surface area contributed by atoms with Gasteiger partial charge in [0, 0.05) is 11.9 Å². The van der Waals surface area contributed by atoms with E-state index < -0.39 is 17.8 Å². The molecule has 1 aromatic carbocycles. The van der Waals surface area contributed by atoms with Gasteiger partial charge in [-0.25, -0.2) is 14.0 Å². The smallest absolute Gasteiger partial charge is 0.337 e. The molecule has 1 heterocycles. The van der Waals surface area contributed by atoms with E-state index in [1.54, 1.807) is 0 Å². The van der Waals surface area contributed by atoms with E-state index >= 15 is 0 Å². The summed E-state index contributed by atoms with van der Waals surface area (Å²) in [5.74, 6) is -1.60. The van der Waals surface area contributed by atoms with Crippen LogP contribution in [-0.2, 0) is 0 Å². The second-order valence-corrected chi connectivity index (χ2v) is 3.81. The van der Waals surface area contributed by atoms with Gasteiger partial charge in [0.2, 0.25) is 0 Å². The minimum atomic E-state index is -1.18. The first-order valence-electron chi connectivity index (χ1n) is 5.57. The number of hydrogen-bond donors (Lipinski definition) is 3. The lowest BCUT2D eigenvalue weighted by Gasteiger charge is -2.09. The zero-order valence-electron chi connectivity index (χ0n) is 10.1. The molecule has 0 unspecified atom stereocenters. The largest absolute Gasteiger partial charge is 0.478 e. The molecule has 6 nitrogen and oxygen atoms in total. The van der Waals surface area contributed by atoms with Crippen LogP contribution in [0.5, 0.6) is 0 Å².